The van der Waals surface area contributed by atoms with Crippen molar-refractivity contribution < 1.29 is 19.0 Å². The molecule has 2 N–H and O–H groups in total. The fourth-order valence-electron chi connectivity index (χ4n) is 2.01. The van der Waals surface area contributed by atoms with E-state index in [1.807, 2.05) is 0 Å². The number of halogens is 1. The maximum Gasteiger partial charge on any atom is 0.261 e. The summed E-state index contributed by atoms with van der Waals surface area (Å²) in [6, 6.07) is 4.79. The summed E-state index contributed by atoms with van der Waals surface area (Å²) in [5.41, 5.74) is 0.627. The average molecular weight is 297 g/mol. The quantitative estimate of drug-likeness (QED) is 0.888. The van der Waals surface area contributed by atoms with Crippen LogP contribution in [0.25, 0.3) is 10.1 Å². The highest BCUT2D eigenvalue weighted by Crippen LogP contribution is 2.32. The second kappa shape index (κ2) is 6.30. The van der Waals surface area contributed by atoms with Crippen LogP contribution in [0.4, 0.5) is 4.39 Å². The lowest BCUT2D eigenvalue weighted by Crippen LogP contribution is -2.34. The number of ether oxygens (including phenoxy) is 1. The van der Waals surface area contributed by atoms with Gasteiger partial charge in [-0.25, -0.2) is 4.39 Å². The summed E-state index contributed by atoms with van der Waals surface area (Å²) in [6.07, 6.45) is -0.754. The average Bonchev–Trinajstić information content (AvgIpc) is 2.75. The number of methoxy groups -OCH3 is 1. The summed E-state index contributed by atoms with van der Waals surface area (Å²) < 4.78 is 19.3. The molecular formula is C14H16FNO3S. The summed E-state index contributed by atoms with van der Waals surface area (Å²) in [7, 11) is 1.48. The molecule has 1 amide bonds. The summed E-state index contributed by atoms with van der Waals surface area (Å²) >= 11 is 1.25. The highest BCUT2D eigenvalue weighted by atomic mass is 32.1. The number of thiophene rings is 1. The van der Waals surface area contributed by atoms with Crippen molar-refractivity contribution in [3.8, 4) is 0 Å². The second-order valence-corrected chi connectivity index (χ2v) is 5.54. The van der Waals surface area contributed by atoms with E-state index < -0.39 is 6.10 Å². The highest BCUT2D eigenvalue weighted by Gasteiger charge is 2.18. The predicted octanol–water partition coefficient (Wildman–Crippen LogP) is 2.09. The molecule has 0 bridgehead atoms. The molecule has 0 aliphatic carbocycles. The lowest BCUT2D eigenvalue weighted by molar-refractivity contribution is 0.0610. The zero-order chi connectivity index (χ0) is 14.7. The van der Waals surface area contributed by atoms with E-state index in [1.165, 1.54) is 24.5 Å². The smallest absolute Gasteiger partial charge is 0.261 e. The standard InChI is InChI=1S/C14H16FNO3S/c1-8-12-10(15)4-3-5-11(12)20-13(8)14(18)16-6-9(17)7-19-2/h3-5,9,17H,6-7H2,1-2H3,(H,16,18). The topological polar surface area (TPSA) is 58.6 Å². The van der Waals surface area contributed by atoms with Crippen LogP contribution in [0.2, 0.25) is 0 Å². The molecule has 20 heavy (non-hydrogen) atoms. The summed E-state index contributed by atoms with van der Waals surface area (Å²) in [4.78, 5) is 12.5. The van der Waals surface area contributed by atoms with Crippen molar-refractivity contribution in [2.75, 3.05) is 20.3 Å². The number of rotatable bonds is 5. The number of fused-ring (bicyclic) bond motifs is 1. The number of carbonyl (C=O) groups excluding carboxylic acids is 1. The van der Waals surface area contributed by atoms with Crippen molar-refractivity contribution >= 4 is 27.3 Å². The SMILES string of the molecule is COCC(O)CNC(=O)c1sc2cccc(F)c2c1C. The number of aryl methyl sites for hydroxylation is 1. The number of hydrogen-bond donors (Lipinski definition) is 2. The molecule has 0 aliphatic rings. The van der Waals surface area contributed by atoms with E-state index in [2.05, 4.69) is 5.32 Å². The highest BCUT2D eigenvalue weighted by molar-refractivity contribution is 7.21. The Morgan fingerprint density at radius 1 is 1.55 bits per heavy atom. The van der Waals surface area contributed by atoms with E-state index in [4.69, 9.17) is 4.74 Å². The molecule has 6 heteroatoms. The molecule has 2 rings (SSSR count). The van der Waals surface area contributed by atoms with Gasteiger partial charge in [-0.1, -0.05) is 6.07 Å². The zero-order valence-corrected chi connectivity index (χ0v) is 12.1. The van der Waals surface area contributed by atoms with E-state index in [-0.39, 0.29) is 24.9 Å². The number of aliphatic hydroxyl groups excluding tert-OH is 1. The monoisotopic (exact) mass is 297 g/mol. The van der Waals surface area contributed by atoms with Gasteiger partial charge in [0.2, 0.25) is 0 Å². The van der Waals surface area contributed by atoms with Gasteiger partial charge in [-0.05, 0) is 24.6 Å². The lowest BCUT2D eigenvalue weighted by Gasteiger charge is -2.10. The molecule has 1 atom stereocenters. The summed E-state index contributed by atoms with van der Waals surface area (Å²) in [5, 5.41) is 12.6. The van der Waals surface area contributed by atoms with Gasteiger partial charge in [0.25, 0.3) is 5.91 Å². The molecule has 0 radical (unpaired) electrons. The number of hydrogen-bond acceptors (Lipinski definition) is 4. The van der Waals surface area contributed by atoms with Crippen LogP contribution in [0.15, 0.2) is 18.2 Å². The third-order valence-corrected chi connectivity index (χ3v) is 4.22. The van der Waals surface area contributed by atoms with Gasteiger partial charge in [0.05, 0.1) is 17.6 Å². The van der Waals surface area contributed by atoms with Crippen molar-refractivity contribution in [3.63, 3.8) is 0 Å². The minimum atomic E-state index is -0.754. The maximum absolute atomic E-state index is 13.8. The Balaban J connectivity index is 2.19. The third kappa shape index (κ3) is 2.98. The lowest BCUT2D eigenvalue weighted by atomic mass is 10.1. The van der Waals surface area contributed by atoms with Crippen LogP contribution < -0.4 is 5.32 Å². The van der Waals surface area contributed by atoms with Gasteiger partial charge in [0.15, 0.2) is 0 Å². The Labute approximate surface area is 120 Å². The van der Waals surface area contributed by atoms with Gasteiger partial charge in [-0.2, -0.15) is 0 Å². The minimum absolute atomic E-state index is 0.100. The van der Waals surface area contributed by atoms with Crippen molar-refractivity contribution in [1.29, 1.82) is 0 Å². The van der Waals surface area contributed by atoms with Crippen LogP contribution in [-0.2, 0) is 4.74 Å². The Kier molecular flexibility index (Phi) is 4.69. The van der Waals surface area contributed by atoms with Crippen molar-refractivity contribution in [2.45, 2.75) is 13.0 Å². The number of benzene rings is 1. The number of nitrogens with one attached hydrogen (secondary N) is 1. The normalized spacial score (nSPS) is 12.6. The molecule has 2 aromatic rings. The van der Waals surface area contributed by atoms with E-state index in [0.717, 1.165) is 4.70 Å². The first kappa shape index (κ1) is 14.9. The maximum atomic E-state index is 13.8. The van der Waals surface area contributed by atoms with Crippen LogP contribution in [0.3, 0.4) is 0 Å². The first-order valence-corrected chi connectivity index (χ1v) is 6.99. The molecule has 4 nitrogen and oxygen atoms in total. The van der Waals surface area contributed by atoms with Gasteiger partial charge in [-0.3, -0.25) is 4.79 Å². The minimum Gasteiger partial charge on any atom is -0.389 e. The van der Waals surface area contributed by atoms with Gasteiger partial charge in [-0.15, -0.1) is 11.3 Å². The number of aliphatic hydroxyl groups is 1. The third-order valence-electron chi connectivity index (χ3n) is 2.97. The van der Waals surface area contributed by atoms with Crippen molar-refractivity contribution in [3.05, 3.63) is 34.5 Å². The molecule has 108 valence electrons. The van der Waals surface area contributed by atoms with Gasteiger partial charge in [0, 0.05) is 23.7 Å². The molecule has 0 spiro atoms. The Morgan fingerprint density at radius 2 is 2.30 bits per heavy atom. The van der Waals surface area contributed by atoms with Crippen LogP contribution in [0, 0.1) is 12.7 Å². The van der Waals surface area contributed by atoms with E-state index >= 15 is 0 Å². The summed E-state index contributed by atoms with van der Waals surface area (Å²) in [5.74, 6) is -0.632. The molecule has 1 unspecified atom stereocenters. The number of amides is 1. The van der Waals surface area contributed by atoms with Crippen LogP contribution >= 0.6 is 11.3 Å². The molecule has 0 aliphatic heterocycles. The van der Waals surface area contributed by atoms with Crippen molar-refractivity contribution in [1.82, 2.24) is 5.32 Å². The predicted molar refractivity (Wildman–Crippen MR) is 76.7 cm³/mol. The fourth-order valence-corrected chi connectivity index (χ4v) is 3.15. The van der Waals surface area contributed by atoms with E-state index in [0.29, 0.717) is 15.8 Å². The van der Waals surface area contributed by atoms with Crippen LogP contribution in [0.5, 0.6) is 0 Å². The molecule has 0 fully saturated rings. The molecular weight excluding hydrogens is 281 g/mol. The molecule has 1 aromatic carbocycles. The second-order valence-electron chi connectivity index (χ2n) is 4.49. The molecule has 1 aromatic heterocycles. The Hall–Kier alpha value is -1.50. The largest absolute Gasteiger partial charge is 0.389 e. The summed E-state index contributed by atoms with van der Waals surface area (Å²) in [6.45, 7) is 1.98. The Morgan fingerprint density at radius 3 is 2.95 bits per heavy atom. The first-order chi connectivity index (χ1) is 9.54. The van der Waals surface area contributed by atoms with Gasteiger partial charge >= 0.3 is 0 Å². The molecule has 0 saturated carbocycles. The zero-order valence-electron chi connectivity index (χ0n) is 11.3. The Bertz CT molecular complexity index is 626. The fraction of sp³-hybridized carbons (Fsp3) is 0.357. The van der Waals surface area contributed by atoms with E-state index in [9.17, 15) is 14.3 Å². The first-order valence-electron chi connectivity index (χ1n) is 6.17. The van der Waals surface area contributed by atoms with Crippen molar-refractivity contribution in [2.24, 2.45) is 0 Å². The van der Waals surface area contributed by atoms with E-state index in [1.54, 1.807) is 19.1 Å². The molecule has 0 saturated heterocycles. The van der Waals surface area contributed by atoms with Gasteiger partial charge in [0.1, 0.15) is 5.82 Å². The van der Waals surface area contributed by atoms with Crippen LogP contribution in [-0.4, -0.2) is 37.4 Å². The van der Waals surface area contributed by atoms with Gasteiger partial charge < -0.3 is 15.2 Å². The molecule has 1 heterocycles. The van der Waals surface area contributed by atoms with Crippen LogP contribution in [0.1, 0.15) is 15.2 Å². The number of carbonyl (C=O) groups is 1.